The lowest BCUT2D eigenvalue weighted by atomic mass is 9.82. The number of carbonyl (C=O) groups is 1. The van der Waals surface area contributed by atoms with E-state index in [1.165, 1.54) is 22.4 Å². The number of fused-ring (bicyclic) bond motifs is 1. The third-order valence-electron chi connectivity index (χ3n) is 10.5. The number of aryl methyl sites for hydroxylation is 3. The van der Waals surface area contributed by atoms with Crippen molar-refractivity contribution in [1.82, 2.24) is 0 Å². The second-order valence-electron chi connectivity index (χ2n) is 15.4. The summed E-state index contributed by atoms with van der Waals surface area (Å²) < 4.78 is 11.4. The van der Waals surface area contributed by atoms with E-state index in [2.05, 4.69) is 193 Å². The molecular formula is C53H60N3O3+. The number of benzene rings is 5. The summed E-state index contributed by atoms with van der Waals surface area (Å²) in [6.45, 7) is 27.1. The van der Waals surface area contributed by atoms with Crippen molar-refractivity contribution < 1.29 is 14.3 Å². The minimum atomic E-state index is -0.525. The van der Waals surface area contributed by atoms with Gasteiger partial charge in [-0.2, -0.15) is 0 Å². The SMILES string of the molecule is C=CCOCC(CNc1ccc([C+](c2ccc(N(C)/C(C(=C)C)=C(C)/C=C/C)cc2)c2ccc(N(C)c3c(C)cc(C)cc3C)cc2)c2ccccc12)OC(=O)C(=C)C. The van der Waals surface area contributed by atoms with Crippen molar-refractivity contribution in [2.75, 3.05) is 49.0 Å². The summed E-state index contributed by atoms with van der Waals surface area (Å²) in [4.78, 5) is 17.0. The van der Waals surface area contributed by atoms with Gasteiger partial charge in [-0.3, -0.25) is 0 Å². The zero-order valence-electron chi connectivity index (χ0n) is 36.4. The van der Waals surface area contributed by atoms with Gasteiger partial charge in [-0.15, -0.1) is 6.58 Å². The van der Waals surface area contributed by atoms with Gasteiger partial charge in [-0.1, -0.05) is 61.2 Å². The molecule has 0 spiro atoms. The molecule has 0 saturated heterocycles. The predicted octanol–water partition coefficient (Wildman–Crippen LogP) is 12.5. The third kappa shape index (κ3) is 10.4. The first kappa shape index (κ1) is 43.9. The van der Waals surface area contributed by atoms with Gasteiger partial charge in [0.15, 0.2) is 0 Å². The summed E-state index contributed by atoms with van der Waals surface area (Å²) >= 11 is 0. The molecule has 1 atom stereocenters. The lowest BCUT2D eigenvalue weighted by molar-refractivity contribution is -0.146. The molecule has 5 aromatic carbocycles. The van der Waals surface area contributed by atoms with E-state index < -0.39 is 12.1 Å². The van der Waals surface area contributed by atoms with E-state index in [0.29, 0.717) is 18.7 Å². The van der Waals surface area contributed by atoms with Gasteiger partial charge in [0, 0.05) is 41.8 Å². The van der Waals surface area contributed by atoms with Crippen LogP contribution in [0.5, 0.6) is 0 Å². The summed E-state index contributed by atoms with van der Waals surface area (Å²) in [5.41, 5.74) is 15.0. The van der Waals surface area contributed by atoms with E-state index in [0.717, 1.165) is 67.3 Å². The van der Waals surface area contributed by atoms with Crippen molar-refractivity contribution in [1.29, 1.82) is 0 Å². The van der Waals surface area contributed by atoms with Crippen LogP contribution in [-0.2, 0) is 14.3 Å². The zero-order chi connectivity index (χ0) is 42.8. The first-order valence-corrected chi connectivity index (χ1v) is 20.2. The molecule has 0 aliphatic rings. The Balaban J connectivity index is 1.59. The number of esters is 1. The van der Waals surface area contributed by atoms with Crippen LogP contribution in [0.3, 0.4) is 0 Å². The second-order valence-corrected chi connectivity index (χ2v) is 15.4. The maximum Gasteiger partial charge on any atom is 0.333 e. The molecule has 0 amide bonds. The number of ether oxygens (including phenoxy) is 2. The summed E-state index contributed by atoms with van der Waals surface area (Å²) in [5.74, 6) is 0.669. The molecule has 1 N–H and O–H groups in total. The van der Waals surface area contributed by atoms with Crippen molar-refractivity contribution >= 4 is 39.5 Å². The largest absolute Gasteiger partial charge is 0.455 e. The van der Waals surface area contributed by atoms with Gasteiger partial charge in [-0.05, 0) is 144 Å². The normalized spacial score (nSPS) is 12.2. The molecule has 0 aliphatic heterocycles. The lowest BCUT2D eigenvalue weighted by Crippen LogP contribution is -2.31. The van der Waals surface area contributed by atoms with Gasteiger partial charge in [-0.25, -0.2) is 4.79 Å². The summed E-state index contributed by atoms with van der Waals surface area (Å²) in [6, 6.07) is 34.9. The number of rotatable bonds is 18. The van der Waals surface area contributed by atoms with Crippen LogP contribution in [0.1, 0.15) is 61.1 Å². The lowest BCUT2D eigenvalue weighted by Gasteiger charge is -2.26. The Morgan fingerprint density at radius 3 is 1.97 bits per heavy atom. The quantitative estimate of drug-likeness (QED) is 0.0182. The number of hydrogen-bond acceptors (Lipinski definition) is 6. The topological polar surface area (TPSA) is 54.0 Å². The van der Waals surface area contributed by atoms with Crippen LogP contribution in [0.25, 0.3) is 10.8 Å². The van der Waals surface area contributed by atoms with Gasteiger partial charge in [0.2, 0.25) is 0 Å². The van der Waals surface area contributed by atoms with Crippen molar-refractivity contribution in [2.45, 2.75) is 54.6 Å². The van der Waals surface area contributed by atoms with Gasteiger partial charge in [0.25, 0.3) is 0 Å². The molecule has 6 nitrogen and oxygen atoms in total. The van der Waals surface area contributed by atoms with Crippen LogP contribution in [-0.4, -0.2) is 45.9 Å². The summed E-state index contributed by atoms with van der Waals surface area (Å²) in [7, 11) is 4.23. The molecular weight excluding hydrogens is 727 g/mol. The molecule has 6 heteroatoms. The summed E-state index contributed by atoms with van der Waals surface area (Å²) in [5, 5.41) is 5.70. The number of anilines is 4. The highest BCUT2D eigenvalue weighted by Gasteiger charge is 2.27. The summed E-state index contributed by atoms with van der Waals surface area (Å²) in [6.07, 6.45) is 5.34. The number of hydrogen-bond donors (Lipinski definition) is 1. The van der Waals surface area contributed by atoms with Crippen LogP contribution >= 0.6 is 0 Å². The molecule has 5 rings (SSSR count). The van der Waals surface area contributed by atoms with Crippen LogP contribution in [0.15, 0.2) is 157 Å². The highest BCUT2D eigenvalue weighted by molar-refractivity contribution is 5.98. The first-order valence-electron chi connectivity index (χ1n) is 20.2. The van der Waals surface area contributed by atoms with Crippen LogP contribution in [0.2, 0.25) is 0 Å². The molecule has 304 valence electrons. The van der Waals surface area contributed by atoms with E-state index in [-0.39, 0.29) is 6.61 Å². The number of nitrogens with one attached hydrogen (secondary N) is 1. The monoisotopic (exact) mass is 786 g/mol. The molecule has 0 bridgehead atoms. The highest BCUT2D eigenvalue weighted by atomic mass is 16.6. The maximum absolute atomic E-state index is 12.5. The number of allylic oxidation sites excluding steroid dienone is 4. The maximum atomic E-state index is 12.5. The number of carbonyl (C=O) groups excluding carboxylic acids is 1. The Labute approximate surface area is 352 Å². The molecule has 0 fully saturated rings. The smallest absolute Gasteiger partial charge is 0.333 e. The molecule has 1 unspecified atom stereocenters. The first-order chi connectivity index (χ1) is 28.2. The molecule has 0 saturated carbocycles. The van der Waals surface area contributed by atoms with E-state index in [1.807, 2.05) is 6.92 Å². The predicted molar refractivity (Wildman–Crippen MR) is 251 cm³/mol. The van der Waals surface area contributed by atoms with E-state index in [4.69, 9.17) is 9.47 Å². The fourth-order valence-electron chi connectivity index (χ4n) is 7.92. The molecule has 0 radical (unpaired) electrons. The fraction of sp³-hybridized carbons (Fsp3) is 0.245. The molecule has 0 aromatic heterocycles. The van der Waals surface area contributed by atoms with Crippen LogP contribution < -0.4 is 15.1 Å². The minimum Gasteiger partial charge on any atom is -0.455 e. The average molecular weight is 787 g/mol. The van der Waals surface area contributed by atoms with Crippen molar-refractivity contribution in [3.05, 3.63) is 197 Å². The number of likely N-dealkylation sites (N-methyl/N-ethyl adjacent to an activating group) is 1. The van der Waals surface area contributed by atoms with Crippen molar-refractivity contribution in [3.8, 4) is 0 Å². The standard InChI is InChI=1S/C53H60N3O3/c1-13-17-38(8)51(35(3)4)55(11)43-24-20-41(21-25-43)50(42-22-26-44(27-23-42)56(12)52-39(9)31-37(7)32-40(52)10)48-28-29-49(47-19-16-15-18-46(47)48)54-33-45(34-58-30-14-2)59-53(57)36(5)6/h13-29,31-32,45,54H,2-3,5,30,33-34H2,1,4,6-12H3/q+1/b17-13+,51-38+. The van der Waals surface area contributed by atoms with E-state index in [1.54, 1.807) is 13.0 Å². The van der Waals surface area contributed by atoms with Gasteiger partial charge in [0.05, 0.1) is 59.4 Å². The van der Waals surface area contributed by atoms with Gasteiger partial charge in [0.1, 0.15) is 6.10 Å². The van der Waals surface area contributed by atoms with Gasteiger partial charge < -0.3 is 24.6 Å². The number of nitrogens with zero attached hydrogens (tertiary/aromatic N) is 2. The molecule has 5 aromatic rings. The molecule has 0 aliphatic carbocycles. The Hall–Kier alpha value is -6.24. The second kappa shape index (κ2) is 20.0. The zero-order valence-corrected chi connectivity index (χ0v) is 36.4. The van der Waals surface area contributed by atoms with Crippen molar-refractivity contribution in [3.63, 3.8) is 0 Å². The fourth-order valence-corrected chi connectivity index (χ4v) is 7.92. The van der Waals surface area contributed by atoms with Crippen LogP contribution in [0, 0.1) is 26.7 Å². The third-order valence-corrected chi connectivity index (χ3v) is 10.5. The Morgan fingerprint density at radius 1 is 0.814 bits per heavy atom. The average Bonchev–Trinajstić information content (AvgIpc) is 3.20. The van der Waals surface area contributed by atoms with E-state index in [9.17, 15) is 4.79 Å². The Morgan fingerprint density at radius 2 is 1.41 bits per heavy atom. The minimum absolute atomic E-state index is 0.226. The highest BCUT2D eigenvalue weighted by Crippen LogP contribution is 2.40. The van der Waals surface area contributed by atoms with Crippen molar-refractivity contribution in [2.24, 2.45) is 0 Å². The molecule has 59 heavy (non-hydrogen) atoms. The van der Waals surface area contributed by atoms with E-state index >= 15 is 0 Å². The molecule has 0 heterocycles. The Kier molecular flexibility index (Phi) is 14.8. The van der Waals surface area contributed by atoms with Crippen LogP contribution in [0.4, 0.5) is 22.7 Å². The Bertz CT molecular complexity index is 2350. The van der Waals surface area contributed by atoms with Gasteiger partial charge >= 0.3 is 5.97 Å².